The molecule has 0 radical (unpaired) electrons. The van der Waals surface area contributed by atoms with E-state index in [1.807, 2.05) is 36.4 Å². The molecule has 5 heteroatoms. The Bertz CT molecular complexity index is 647. The second-order valence-electron chi connectivity index (χ2n) is 5.41. The van der Waals surface area contributed by atoms with Crippen molar-refractivity contribution in [2.75, 3.05) is 23.3 Å². The summed E-state index contributed by atoms with van der Waals surface area (Å²) in [5, 5.41) is 3.25. The van der Waals surface area contributed by atoms with E-state index in [2.05, 4.69) is 27.1 Å². The van der Waals surface area contributed by atoms with E-state index in [9.17, 15) is 4.79 Å². The average molecular weight is 296 g/mol. The quantitative estimate of drug-likeness (QED) is 0.940. The number of benzene rings is 1. The lowest BCUT2D eigenvalue weighted by Gasteiger charge is -2.27. The third-order valence-electron chi connectivity index (χ3n) is 3.80. The smallest absolute Gasteiger partial charge is 0.229 e. The van der Waals surface area contributed by atoms with Crippen LogP contribution in [0.2, 0.25) is 0 Å². The molecule has 1 saturated heterocycles. The number of carbonyl (C=O) groups is 1. The summed E-state index contributed by atoms with van der Waals surface area (Å²) in [5.74, 6) is 1.85. The van der Waals surface area contributed by atoms with Gasteiger partial charge >= 0.3 is 0 Å². The highest BCUT2D eigenvalue weighted by molar-refractivity contribution is 5.80. The molecule has 5 nitrogen and oxygen atoms in total. The van der Waals surface area contributed by atoms with Gasteiger partial charge in [-0.1, -0.05) is 25.1 Å². The maximum Gasteiger partial charge on any atom is 0.229 e. The number of Topliss-reactive ketones (excluding diaryl/α,β-unsaturated/α-hetero) is 1. The zero-order chi connectivity index (χ0) is 15.4. The second-order valence-corrected chi connectivity index (χ2v) is 5.41. The predicted molar refractivity (Wildman–Crippen MR) is 87.6 cm³/mol. The van der Waals surface area contributed by atoms with Gasteiger partial charge in [0.1, 0.15) is 11.6 Å². The van der Waals surface area contributed by atoms with Crippen LogP contribution in [-0.2, 0) is 11.2 Å². The number of hydrogen-bond acceptors (Lipinski definition) is 5. The van der Waals surface area contributed by atoms with Crippen LogP contribution in [0.15, 0.2) is 36.4 Å². The van der Waals surface area contributed by atoms with Crippen LogP contribution in [-0.4, -0.2) is 28.8 Å². The van der Waals surface area contributed by atoms with Gasteiger partial charge in [0, 0.05) is 43.4 Å². The van der Waals surface area contributed by atoms with Gasteiger partial charge in [0.05, 0.1) is 0 Å². The Morgan fingerprint density at radius 3 is 2.55 bits per heavy atom. The first-order chi connectivity index (χ1) is 10.7. The Hall–Kier alpha value is -2.43. The number of aromatic nitrogens is 2. The maximum absolute atomic E-state index is 11.4. The van der Waals surface area contributed by atoms with Crippen molar-refractivity contribution >= 4 is 23.2 Å². The highest BCUT2D eigenvalue weighted by atomic mass is 16.1. The first-order valence-corrected chi connectivity index (χ1v) is 7.71. The number of aryl methyl sites for hydroxylation is 1. The molecular weight excluding hydrogens is 276 g/mol. The number of carbonyl (C=O) groups excluding carboxylic acids is 1. The molecule has 0 atom stereocenters. The van der Waals surface area contributed by atoms with Crippen LogP contribution >= 0.6 is 0 Å². The Balaban J connectivity index is 1.84. The molecule has 0 amide bonds. The highest BCUT2D eigenvalue weighted by Gasteiger charge is 2.18. The summed E-state index contributed by atoms with van der Waals surface area (Å²) >= 11 is 0. The van der Waals surface area contributed by atoms with Gasteiger partial charge in [0.2, 0.25) is 5.95 Å². The zero-order valence-electron chi connectivity index (χ0n) is 12.7. The van der Waals surface area contributed by atoms with Gasteiger partial charge in [-0.3, -0.25) is 4.79 Å². The standard InChI is InChI=1S/C17H20N4O/c1-2-13-12-16(21-10-8-15(22)9-11-21)20-17(18-13)19-14-6-4-3-5-7-14/h3-7,12H,2,8-11H2,1H3,(H,18,19,20). The van der Waals surface area contributed by atoms with Gasteiger partial charge in [-0.2, -0.15) is 4.98 Å². The molecule has 0 unspecified atom stereocenters. The number of hydrogen-bond donors (Lipinski definition) is 1. The Labute approximate surface area is 130 Å². The van der Waals surface area contributed by atoms with Crippen molar-refractivity contribution in [1.29, 1.82) is 0 Å². The molecule has 0 saturated carbocycles. The lowest BCUT2D eigenvalue weighted by molar-refractivity contribution is -0.119. The van der Waals surface area contributed by atoms with E-state index >= 15 is 0 Å². The topological polar surface area (TPSA) is 58.1 Å². The number of anilines is 3. The summed E-state index contributed by atoms with van der Waals surface area (Å²) < 4.78 is 0. The van der Waals surface area contributed by atoms with Crippen LogP contribution in [0.3, 0.4) is 0 Å². The maximum atomic E-state index is 11.4. The number of piperidine rings is 1. The monoisotopic (exact) mass is 296 g/mol. The molecule has 1 fully saturated rings. The fraction of sp³-hybridized carbons (Fsp3) is 0.353. The van der Waals surface area contributed by atoms with Crippen molar-refractivity contribution in [2.24, 2.45) is 0 Å². The molecule has 0 spiro atoms. The van der Waals surface area contributed by atoms with Crippen LogP contribution < -0.4 is 10.2 Å². The van der Waals surface area contributed by atoms with Crippen molar-refractivity contribution in [1.82, 2.24) is 9.97 Å². The van der Waals surface area contributed by atoms with E-state index in [-0.39, 0.29) is 0 Å². The molecule has 2 heterocycles. The lowest BCUT2D eigenvalue weighted by Crippen LogP contribution is -2.34. The minimum absolute atomic E-state index is 0.337. The molecule has 0 aliphatic carbocycles. The number of ketones is 1. The molecule has 3 rings (SSSR count). The predicted octanol–water partition coefficient (Wildman–Crippen LogP) is 2.95. The van der Waals surface area contributed by atoms with Gasteiger partial charge in [0.15, 0.2) is 0 Å². The zero-order valence-corrected chi connectivity index (χ0v) is 12.7. The lowest BCUT2D eigenvalue weighted by atomic mass is 10.1. The van der Waals surface area contributed by atoms with E-state index in [0.717, 1.165) is 36.7 Å². The van der Waals surface area contributed by atoms with E-state index in [4.69, 9.17) is 0 Å². The first-order valence-electron chi connectivity index (χ1n) is 7.71. The molecule has 114 valence electrons. The molecule has 1 aliphatic rings. The van der Waals surface area contributed by atoms with Gasteiger partial charge in [0.25, 0.3) is 0 Å². The molecular formula is C17H20N4O. The SMILES string of the molecule is CCc1cc(N2CCC(=O)CC2)nc(Nc2ccccc2)n1. The summed E-state index contributed by atoms with van der Waals surface area (Å²) in [4.78, 5) is 22.7. The number of nitrogens with zero attached hydrogens (tertiary/aromatic N) is 3. The highest BCUT2D eigenvalue weighted by Crippen LogP contribution is 2.21. The van der Waals surface area contributed by atoms with E-state index < -0.39 is 0 Å². The average Bonchev–Trinajstić information content (AvgIpc) is 2.56. The summed E-state index contributed by atoms with van der Waals surface area (Å²) in [6.07, 6.45) is 2.06. The molecule has 1 aromatic heterocycles. The third-order valence-corrected chi connectivity index (χ3v) is 3.80. The molecule has 1 N–H and O–H groups in total. The van der Waals surface area contributed by atoms with Gasteiger partial charge in [-0.15, -0.1) is 0 Å². The summed E-state index contributed by atoms with van der Waals surface area (Å²) in [7, 11) is 0. The Morgan fingerprint density at radius 2 is 1.86 bits per heavy atom. The van der Waals surface area contributed by atoms with E-state index in [1.165, 1.54) is 0 Å². The van der Waals surface area contributed by atoms with E-state index in [0.29, 0.717) is 24.6 Å². The second kappa shape index (κ2) is 6.56. The van der Waals surface area contributed by atoms with Gasteiger partial charge in [-0.25, -0.2) is 4.98 Å². The van der Waals surface area contributed by atoms with Gasteiger partial charge < -0.3 is 10.2 Å². The van der Waals surface area contributed by atoms with Crippen LogP contribution in [0.5, 0.6) is 0 Å². The minimum Gasteiger partial charge on any atom is -0.356 e. The molecule has 2 aromatic rings. The summed E-state index contributed by atoms with van der Waals surface area (Å²) in [6, 6.07) is 11.9. The summed E-state index contributed by atoms with van der Waals surface area (Å²) in [5.41, 5.74) is 1.97. The fourth-order valence-electron chi connectivity index (χ4n) is 2.52. The van der Waals surface area contributed by atoms with Crippen molar-refractivity contribution in [3.63, 3.8) is 0 Å². The van der Waals surface area contributed by atoms with E-state index in [1.54, 1.807) is 0 Å². The third kappa shape index (κ3) is 3.42. The van der Waals surface area contributed by atoms with Crippen LogP contribution in [0.25, 0.3) is 0 Å². The number of nitrogens with one attached hydrogen (secondary N) is 1. The minimum atomic E-state index is 0.337. The number of rotatable bonds is 4. The molecule has 1 aliphatic heterocycles. The fourth-order valence-corrected chi connectivity index (χ4v) is 2.52. The Kier molecular flexibility index (Phi) is 4.32. The largest absolute Gasteiger partial charge is 0.356 e. The van der Waals surface area contributed by atoms with Crippen molar-refractivity contribution in [2.45, 2.75) is 26.2 Å². The van der Waals surface area contributed by atoms with Crippen LogP contribution in [0, 0.1) is 0 Å². The molecule has 1 aromatic carbocycles. The van der Waals surface area contributed by atoms with Crippen LogP contribution in [0.1, 0.15) is 25.5 Å². The van der Waals surface area contributed by atoms with Crippen molar-refractivity contribution in [3.05, 3.63) is 42.1 Å². The normalized spacial score (nSPS) is 15.0. The molecule has 22 heavy (non-hydrogen) atoms. The van der Waals surface area contributed by atoms with Gasteiger partial charge in [-0.05, 0) is 18.6 Å². The first kappa shape index (κ1) is 14.5. The summed E-state index contributed by atoms with van der Waals surface area (Å²) in [6.45, 7) is 3.56. The molecule has 0 bridgehead atoms. The Morgan fingerprint density at radius 1 is 1.14 bits per heavy atom. The van der Waals surface area contributed by atoms with Crippen LogP contribution in [0.4, 0.5) is 17.5 Å². The van der Waals surface area contributed by atoms with Crippen molar-refractivity contribution in [3.8, 4) is 0 Å². The van der Waals surface area contributed by atoms with Crippen molar-refractivity contribution < 1.29 is 4.79 Å². The number of para-hydroxylation sites is 1.